The lowest BCUT2D eigenvalue weighted by Gasteiger charge is -2.28. The van der Waals surface area contributed by atoms with E-state index in [0.29, 0.717) is 0 Å². The van der Waals surface area contributed by atoms with Gasteiger partial charge in [-0.2, -0.15) is 0 Å². The molecule has 2 unspecified atom stereocenters. The largest absolute Gasteiger partial charge is 0.394 e. The third kappa shape index (κ3) is 2.06. The van der Waals surface area contributed by atoms with Crippen LogP contribution in [0.3, 0.4) is 0 Å². The molecule has 0 spiro atoms. The van der Waals surface area contributed by atoms with Gasteiger partial charge in [0, 0.05) is 17.8 Å². The summed E-state index contributed by atoms with van der Waals surface area (Å²) in [6, 6.07) is 8.10. The number of benzene rings is 1. The van der Waals surface area contributed by atoms with E-state index in [2.05, 4.69) is 4.90 Å². The molecule has 1 aliphatic heterocycles. The zero-order valence-corrected chi connectivity index (χ0v) is 9.63. The first-order valence-corrected chi connectivity index (χ1v) is 5.88. The number of hydrogen-bond donors (Lipinski definition) is 2. The lowest BCUT2D eigenvalue weighted by Crippen LogP contribution is -2.32. The van der Waals surface area contributed by atoms with Crippen molar-refractivity contribution >= 4 is 5.69 Å². The van der Waals surface area contributed by atoms with Gasteiger partial charge in [0.25, 0.3) is 0 Å². The number of hydrogen-bond acceptors (Lipinski definition) is 3. The molecule has 2 rings (SSSR count). The van der Waals surface area contributed by atoms with Crippen LogP contribution >= 0.6 is 0 Å². The fourth-order valence-electron chi connectivity index (χ4n) is 2.45. The molecule has 3 nitrogen and oxygen atoms in total. The van der Waals surface area contributed by atoms with Gasteiger partial charge in [-0.05, 0) is 25.8 Å². The molecule has 0 aromatic heterocycles. The van der Waals surface area contributed by atoms with Crippen molar-refractivity contribution in [1.82, 2.24) is 0 Å². The highest BCUT2D eigenvalue weighted by Gasteiger charge is 2.26. The van der Waals surface area contributed by atoms with Gasteiger partial charge in [-0.3, -0.25) is 0 Å². The van der Waals surface area contributed by atoms with E-state index < -0.39 is 6.10 Å². The predicted molar refractivity (Wildman–Crippen MR) is 64.5 cm³/mol. The minimum Gasteiger partial charge on any atom is -0.394 e. The maximum absolute atomic E-state index is 9.73. The summed E-state index contributed by atoms with van der Waals surface area (Å²) in [5.74, 6) is 0. The maximum Gasteiger partial charge on any atom is 0.0781 e. The van der Waals surface area contributed by atoms with E-state index in [4.69, 9.17) is 0 Å². The van der Waals surface area contributed by atoms with Gasteiger partial charge >= 0.3 is 0 Å². The number of aliphatic hydroxyl groups is 2. The molecule has 0 saturated carbocycles. The summed E-state index contributed by atoms with van der Waals surface area (Å²) >= 11 is 0. The molecule has 0 aliphatic carbocycles. The van der Waals surface area contributed by atoms with Crippen LogP contribution in [0.2, 0.25) is 0 Å². The lowest BCUT2D eigenvalue weighted by molar-refractivity contribution is 0.199. The summed E-state index contributed by atoms with van der Waals surface area (Å²) < 4.78 is 0. The summed E-state index contributed by atoms with van der Waals surface area (Å²) in [4.78, 5) is 2.21. The SMILES string of the molecule is CC(O)c1ccccc1N1CCCC1CO. The number of nitrogens with zero attached hydrogens (tertiary/aromatic N) is 1. The Bertz CT molecular complexity index is 352. The average Bonchev–Trinajstić information content (AvgIpc) is 2.76. The average molecular weight is 221 g/mol. The van der Waals surface area contributed by atoms with Crippen LogP contribution in [0.25, 0.3) is 0 Å². The fourth-order valence-corrected chi connectivity index (χ4v) is 2.45. The molecule has 1 aliphatic rings. The topological polar surface area (TPSA) is 43.7 Å². The van der Waals surface area contributed by atoms with Gasteiger partial charge in [-0.15, -0.1) is 0 Å². The van der Waals surface area contributed by atoms with Gasteiger partial charge in [0.05, 0.1) is 18.8 Å². The maximum atomic E-state index is 9.73. The molecule has 0 amide bonds. The molecule has 2 N–H and O–H groups in total. The Labute approximate surface area is 96.3 Å². The van der Waals surface area contributed by atoms with Gasteiger partial charge < -0.3 is 15.1 Å². The highest BCUT2D eigenvalue weighted by molar-refractivity contribution is 5.56. The van der Waals surface area contributed by atoms with Crippen LogP contribution < -0.4 is 4.90 Å². The molecule has 1 heterocycles. The van der Waals surface area contributed by atoms with Crippen molar-refractivity contribution in [2.24, 2.45) is 0 Å². The van der Waals surface area contributed by atoms with Gasteiger partial charge in [-0.25, -0.2) is 0 Å². The molecule has 2 atom stereocenters. The molecule has 1 saturated heterocycles. The molecule has 1 aromatic carbocycles. The second-order valence-corrected chi connectivity index (χ2v) is 4.41. The first kappa shape index (κ1) is 11.4. The quantitative estimate of drug-likeness (QED) is 0.816. The zero-order chi connectivity index (χ0) is 11.5. The zero-order valence-electron chi connectivity index (χ0n) is 9.63. The summed E-state index contributed by atoms with van der Waals surface area (Å²) in [7, 11) is 0. The van der Waals surface area contributed by atoms with Crippen LogP contribution in [0.5, 0.6) is 0 Å². The number of para-hydroxylation sites is 1. The molecule has 88 valence electrons. The van der Waals surface area contributed by atoms with Crippen LogP contribution in [0.4, 0.5) is 5.69 Å². The van der Waals surface area contributed by atoms with Crippen molar-refractivity contribution in [2.45, 2.75) is 31.9 Å². The summed E-state index contributed by atoms with van der Waals surface area (Å²) in [5, 5.41) is 19.1. The van der Waals surface area contributed by atoms with E-state index in [1.165, 1.54) is 0 Å². The van der Waals surface area contributed by atoms with Gasteiger partial charge in [0.15, 0.2) is 0 Å². The van der Waals surface area contributed by atoms with E-state index >= 15 is 0 Å². The van der Waals surface area contributed by atoms with Crippen molar-refractivity contribution in [3.63, 3.8) is 0 Å². The smallest absolute Gasteiger partial charge is 0.0781 e. The van der Waals surface area contributed by atoms with Crippen LogP contribution in [0, 0.1) is 0 Å². The number of rotatable bonds is 3. The van der Waals surface area contributed by atoms with E-state index in [9.17, 15) is 10.2 Å². The van der Waals surface area contributed by atoms with Crippen molar-refractivity contribution in [3.8, 4) is 0 Å². The molecular weight excluding hydrogens is 202 g/mol. The van der Waals surface area contributed by atoms with Gasteiger partial charge in [0.1, 0.15) is 0 Å². The third-order valence-electron chi connectivity index (χ3n) is 3.28. The Hall–Kier alpha value is -1.06. The van der Waals surface area contributed by atoms with Crippen molar-refractivity contribution < 1.29 is 10.2 Å². The summed E-state index contributed by atoms with van der Waals surface area (Å²) in [6.07, 6.45) is 1.68. The van der Waals surface area contributed by atoms with Crippen molar-refractivity contribution in [1.29, 1.82) is 0 Å². The van der Waals surface area contributed by atoms with Crippen LogP contribution in [0.15, 0.2) is 24.3 Å². The molecule has 16 heavy (non-hydrogen) atoms. The Morgan fingerprint density at radius 3 is 2.88 bits per heavy atom. The Kier molecular flexibility index (Phi) is 3.46. The van der Waals surface area contributed by atoms with E-state index in [1.54, 1.807) is 6.92 Å². The standard InChI is InChI=1S/C13H19NO2/c1-10(16)12-6-2-3-7-13(12)14-8-4-5-11(14)9-15/h2-3,6-7,10-11,15-16H,4-5,8-9H2,1H3. The second kappa shape index (κ2) is 4.85. The van der Waals surface area contributed by atoms with Gasteiger partial charge in [0.2, 0.25) is 0 Å². The minimum absolute atomic E-state index is 0.189. The Morgan fingerprint density at radius 2 is 2.19 bits per heavy atom. The summed E-state index contributed by atoms with van der Waals surface area (Å²) in [5.41, 5.74) is 2.01. The van der Waals surface area contributed by atoms with Crippen molar-refractivity contribution in [2.75, 3.05) is 18.1 Å². The van der Waals surface area contributed by atoms with Gasteiger partial charge in [-0.1, -0.05) is 18.2 Å². The highest BCUT2D eigenvalue weighted by Crippen LogP contribution is 2.31. The molecule has 0 bridgehead atoms. The molecule has 3 heteroatoms. The molecule has 0 radical (unpaired) electrons. The monoisotopic (exact) mass is 221 g/mol. The highest BCUT2D eigenvalue weighted by atomic mass is 16.3. The minimum atomic E-state index is -0.462. The first-order valence-electron chi connectivity index (χ1n) is 5.88. The number of aliphatic hydroxyl groups excluding tert-OH is 2. The third-order valence-corrected chi connectivity index (χ3v) is 3.28. The van der Waals surface area contributed by atoms with Crippen molar-refractivity contribution in [3.05, 3.63) is 29.8 Å². The second-order valence-electron chi connectivity index (χ2n) is 4.41. The van der Waals surface area contributed by atoms with Crippen LogP contribution in [-0.4, -0.2) is 29.4 Å². The fraction of sp³-hybridized carbons (Fsp3) is 0.538. The summed E-state index contributed by atoms with van der Waals surface area (Å²) in [6.45, 7) is 2.94. The number of anilines is 1. The lowest BCUT2D eigenvalue weighted by atomic mass is 10.1. The van der Waals surface area contributed by atoms with Crippen LogP contribution in [-0.2, 0) is 0 Å². The van der Waals surface area contributed by atoms with Crippen LogP contribution in [0.1, 0.15) is 31.4 Å². The molecule has 1 fully saturated rings. The Morgan fingerprint density at radius 1 is 1.44 bits per heavy atom. The van der Waals surface area contributed by atoms with E-state index in [0.717, 1.165) is 30.6 Å². The Balaban J connectivity index is 2.32. The van der Waals surface area contributed by atoms with E-state index in [-0.39, 0.29) is 12.6 Å². The normalized spacial score (nSPS) is 22.4. The molecule has 1 aromatic rings. The molecular formula is C13H19NO2. The predicted octanol–water partition coefficient (Wildman–Crippen LogP) is 1.70. The first-order chi connectivity index (χ1) is 7.74. The van der Waals surface area contributed by atoms with E-state index in [1.807, 2.05) is 24.3 Å².